The summed E-state index contributed by atoms with van der Waals surface area (Å²) in [6, 6.07) is 2.18. The highest BCUT2D eigenvalue weighted by Crippen LogP contribution is 2.24. The fourth-order valence-electron chi connectivity index (χ4n) is 2.15. The molecule has 1 N–H and O–H groups in total. The Kier molecular flexibility index (Phi) is 4.35. The molecule has 0 fully saturated rings. The zero-order chi connectivity index (χ0) is 15.6. The van der Waals surface area contributed by atoms with Crippen molar-refractivity contribution in [3.05, 3.63) is 29.3 Å². The van der Waals surface area contributed by atoms with E-state index in [0.717, 1.165) is 22.6 Å². The molecule has 1 amide bonds. The lowest BCUT2D eigenvalue weighted by molar-refractivity contribution is -0.120. The fraction of sp³-hybridized carbons (Fsp3) is 0.467. The number of aryl methyl sites for hydroxylation is 2. The van der Waals surface area contributed by atoms with Gasteiger partial charge in [-0.3, -0.25) is 9.78 Å². The molecule has 2 aromatic rings. The smallest absolute Gasteiger partial charge is 0.227 e. The number of amides is 1. The third-order valence-corrected chi connectivity index (χ3v) is 3.25. The highest BCUT2D eigenvalue weighted by Gasteiger charge is 2.17. The summed E-state index contributed by atoms with van der Waals surface area (Å²) in [5, 5.41) is 7.04. The second kappa shape index (κ2) is 6.03. The van der Waals surface area contributed by atoms with Gasteiger partial charge in [0, 0.05) is 30.5 Å². The highest BCUT2D eigenvalue weighted by molar-refractivity contribution is 5.77. The third kappa shape index (κ3) is 3.26. The quantitative estimate of drug-likeness (QED) is 0.931. The molecular weight excluding hydrogens is 266 g/mol. The molecule has 0 unspecified atom stereocenters. The maximum absolute atomic E-state index is 11.5. The van der Waals surface area contributed by atoms with E-state index in [1.807, 2.05) is 44.6 Å². The largest absolute Gasteiger partial charge is 0.359 e. The summed E-state index contributed by atoms with van der Waals surface area (Å²) in [7, 11) is 1.61. The Labute approximate surface area is 124 Å². The molecule has 0 aliphatic carbocycles. The number of carbonyl (C=O) groups excluding carboxylic acids is 1. The number of aromatic nitrogens is 4. The van der Waals surface area contributed by atoms with Crippen LogP contribution >= 0.6 is 0 Å². The number of hydrogen-bond acceptors (Lipinski definition) is 4. The van der Waals surface area contributed by atoms with E-state index in [1.54, 1.807) is 7.05 Å². The summed E-state index contributed by atoms with van der Waals surface area (Å²) < 4.78 is 1.84. The first-order chi connectivity index (χ1) is 9.92. The van der Waals surface area contributed by atoms with Crippen molar-refractivity contribution in [2.24, 2.45) is 0 Å². The molecule has 0 aromatic carbocycles. The minimum Gasteiger partial charge on any atom is -0.359 e. The highest BCUT2D eigenvalue weighted by atomic mass is 16.1. The van der Waals surface area contributed by atoms with E-state index < -0.39 is 0 Å². The van der Waals surface area contributed by atoms with Crippen molar-refractivity contribution < 1.29 is 4.79 Å². The number of pyridine rings is 1. The molecule has 0 bridgehead atoms. The number of carbonyl (C=O) groups is 1. The van der Waals surface area contributed by atoms with Crippen LogP contribution in [0.25, 0.3) is 11.4 Å². The second-order valence-electron chi connectivity index (χ2n) is 5.38. The number of likely N-dealkylation sites (N-methyl/N-ethyl adjacent to an activating group) is 1. The van der Waals surface area contributed by atoms with Crippen LogP contribution in [0.3, 0.4) is 0 Å². The van der Waals surface area contributed by atoms with Gasteiger partial charge in [-0.25, -0.2) is 9.67 Å². The van der Waals surface area contributed by atoms with E-state index in [2.05, 4.69) is 20.4 Å². The molecule has 0 aliphatic rings. The van der Waals surface area contributed by atoms with Gasteiger partial charge in [0.15, 0.2) is 11.6 Å². The predicted molar refractivity (Wildman–Crippen MR) is 80.9 cm³/mol. The molecule has 2 heterocycles. The Balaban J connectivity index is 2.48. The van der Waals surface area contributed by atoms with E-state index in [9.17, 15) is 4.79 Å². The summed E-state index contributed by atoms with van der Waals surface area (Å²) >= 11 is 0. The van der Waals surface area contributed by atoms with Gasteiger partial charge in [0.1, 0.15) is 0 Å². The molecule has 6 heteroatoms. The van der Waals surface area contributed by atoms with Crippen LogP contribution in [0.2, 0.25) is 0 Å². The summed E-state index contributed by atoms with van der Waals surface area (Å²) in [5.74, 6) is 1.19. The molecule has 21 heavy (non-hydrogen) atoms. The van der Waals surface area contributed by atoms with Gasteiger partial charge < -0.3 is 5.32 Å². The molecule has 0 radical (unpaired) electrons. The van der Waals surface area contributed by atoms with Crippen LogP contribution in [0.15, 0.2) is 12.3 Å². The molecule has 0 aliphatic heterocycles. The van der Waals surface area contributed by atoms with Crippen LogP contribution in [-0.4, -0.2) is 32.7 Å². The third-order valence-electron chi connectivity index (χ3n) is 3.25. The number of hydrogen-bond donors (Lipinski definition) is 1. The Bertz CT molecular complexity index is 660. The molecule has 112 valence electrons. The number of nitrogens with zero attached hydrogens (tertiary/aromatic N) is 4. The van der Waals surface area contributed by atoms with E-state index in [-0.39, 0.29) is 18.4 Å². The van der Waals surface area contributed by atoms with Gasteiger partial charge in [-0.15, -0.1) is 0 Å². The summed E-state index contributed by atoms with van der Waals surface area (Å²) in [4.78, 5) is 20.4. The molecule has 0 saturated carbocycles. The van der Waals surface area contributed by atoms with Gasteiger partial charge in [-0.05, 0) is 39.3 Å². The van der Waals surface area contributed by atoms with Gasteiger partial charge in [0.2, 0.25) is 5.91 Å². The van der Waals surface area contributed by atoms with Crippen LogP contribution < -0.4 is 5.32 Å². The SMILES string of the molecule is CNC(=O)Cc1nc(-c2cnc(C)cc2C)n(C(C)C)n1. The van der Waals surface area contributed by atoms with E-state index in [4.69, 9.17) is 0 Å². The van der Waals surface area contributed by atoms with Crippen molar-refractivity contribution in [1.29, 1.82) is 0 Å². The van der Waals surface area contributed by atoms with Gasteiger partial charge >= 0.3 is 0 Å². The van der Waals surface area contributed by atoms with Gasteiger partial charge in [0.05, 0.1) is 6.42 Å². The zero-order valence-electron chi connectivity index (χ0n) is 13.1. The lowest BCUT2D eigenvalue weighted by Gasteiger charge is -2.11. The van der Waals surface area contributed by atoms with Crippen LogP contribution in [0.5, 0.6) is 0 Å². The zero-order valence-corrected chi connectivity index (χ0v) is 13.1. The maximum Gasteiger partial charge on any atom is 0.227 e. The molecule has 2 rings (SSSR count). The average Bonchev–Trinajstić information content (AvgIpc) is 2.82. The van der Waals surface area contributed by atoms with Crippen molar-refractivity contribution in [2.45, 2.75) is 40.2 Å². The van der Waals surface area contributed by atoms with Crippen molar-refractivity contribution >= 4 is 5.91 Å². The summed E-state index contributed by atoms with van der Waals surface area (Å²) in [6.07, 6.45) is 2.00. The molecular formula is C15H21N5O. The number of rotatable bonds is 4. The summed E-state index contributed by atoms with van der Waals surface area (Å²) in [5.41, 5.74) is 3.02. The molecule has 6 nitrogen and oxygen atoms in total. The van der Waals surface area contributed by atoms with E-state index in [0.29, 0.717) is 5.82 Å². The second-order valence-corrected chi connectivity index (χ2v) is 5.38. The van der Waals surface area contributed by atoms with Crippen LogP contribution in [-0.2, 0) is 11.2 Å². The lowest BCUT2D eigenvalue weighted by Crippen LogP contribution is -2.20. The number of nitrogens with one attached hydrogen (secondary N) is 1. The van der Waals surface area contributed by atoms with Crippen molar-refractivity contribution in [3.8, 4) is 11.4 Å². The first kappa shape index (κ1) is 15.2. The van der Waals surface area contributed by atoms with Gasteiger partial charge in [-0.1, -0.05) is 0 Å². The van der Waals surface area contributed by atoms with Gasteiger partial charge in [-0.2, -0.15) is 5.10 Å². The minimum absolute atomic E-state index is 0.0961. The van der Waals surface area contributed by atoms with E-state index in [1.165, 1.54) is 0 Å². The molecule has 0 saturated heterocycles. The van der Waals surface area contributed by atoms with Gasteiger partial charge in [0.25, 0.3) is 0 Å². The van der Waals surface area contributed by atoms with E-state index >= 15 is 0 Å². The summed E-state index contributed by atoms with van der Waals surface area (Å²) in [6.45, 7) is 8.07. The van der Waals surface area contributed by atoms with Crippen LogP contribution in [0.1, 0.15) is 37.0 Å². The van der Waals surface area contributed by atoms with Crippen LogP contribution in [0, 0.1) is 13.8 Å². The Morgan fingerprint density at radius 2 is 2.10 bits per heavy atom. The van der Waals surface area contributed by atoms with Crippen molar-refractivity contribution in [3.63, 3.8) is 0 Å². The molecule has 2 aromatic heterocycles. The Morgan fingerprint density at radius 1 is 1.38 bits per heavy atom. The maximum atomic E-state index is 11.5. The monoisotopic (exact) mass is 287 g/mol. The van der Waals surface area contributed by atoms with Crippen LogP contribution in [0.4, 0.5) is 0 Å². The predicted octanol–water partition coefficient (Wildman–Crippen LogP) is 1.83. The topological polar surface area (TPSA) is 72.7 Å². The lowest BCUT2D eigenvalue weighted by atomic mass is 10.1. The Hall–Kier alpha value is -2.24. The first-order valence-corrected chi connectivity index (χ1v) is 7.02. The van der Waals surface area contributed by atoms with Crippen molar-refractivity contribution in [2.75, 3.05) is 7.05 Å². The molecule has 0 atom stereocenters. The Morgan fingerprint density at radius 3 is 2.67 bits per heavy atom. The average molecular weight is 287 g/mol. The fourth-order valence-corrected chi connectivity index (χ4v) is 2.15. The van der Waals surface area contributed by atoms with Crippen molar-refractivity contribution in [1.82, 2.24) is 25.1 Å². The molecule has 0 spiro atoms. The minimum atomic E-state index is -0.0961. The standard InChI is InChI=1S/C15H21N5O/c1-9(2)20-15(12-8-17-11(4)6-10(12)3)18-13(19-20)7-14(21)16-5/h6,8-9H,7H2,1-5H3,(H,16,21). The first-order valence-electron chi connectivity index (χ1n) is 7.02. The normalized spacial score (nSPS) is 11.0.